The summed E-state index contributed by atoms with van der Waals surface area (Å²) in [6.45, 7) is 6.07. The Hall–Kier alpha value is -1.23. The molecule has 0 unspecified atom stereocenters. The first-order valence-corrected chi connectivity index (χ1v) is 12.7. The van der Waals surface area contributed by atoms with E-state index in [1.807, 2.05) is 23.5 Å². The van der Waals surface area contributed by atoms with Crippen molar-refractivity contribution < 1.29 is 4.79 Å². The third kappa shape index (κ3) is 3.40. The lowest BCUT2D eigenvalue weighted by Gasteiger charge is -2.49. The summed E-state index contributed by atoms with van der Waals surface area (Å²) in [5.74, 6) is 2.50. The number of benzene rings is 2. The number of hydrogen-bond acceptors (Lipinski definition) is 3. The molecule has 0 atom stereocenters. The van der Waals surface area contributed by atoms with E-state index >= 15 is 0 Å². The third-order valence-corrected chi connectivity index (χ3v) is 15.0. The van der Waals surface area contributed by atoms with E-state index in [1.54, 1.807) is 6.92 Å². The summed E-state index contributed by atoms with van der Waals surface area (Å²) in [7, 11) is -2.36. The number of rotatable bonds is 6. The molecule has 0 saturated carbocycles. The minimum absolute atomic E-state index is 0.123. The predicted octanol–water partition coefficient (Wildman–Crippen LogP) is 4.06. The van der Waals surface area contributed by atoms with E-state index in [0.717, 1.165) is 11.5 Å². The van der Waals surface area contributed by atoms with Gasteiger partial charge in [-0.3, -0.25) is 4.79 Å². The summed E-state index contributed by atoms with van der Waals surface area (Å²) in [6.07, 6.45) is 1.81. The fourth-order valence-electron chi connectivity index (χ4n) is 3.77. The number of thioether (sulfide) groups is 2. The van der Waals surface area contributed by atoms with Crippen LogP contribution in [-0.4, -0.2) is 29.1 Å². The van der Waals surface area contributed by atoms with Crippen LogP contribution in [0.15, 0.2) is 72.9 Å². The van der Waals surface area contributed by atoms with E-state index in [-0.39, 0.29) is 9.49 Å². The summed E-state index contributed by atoms with van der Waals surface area (Å²) in [6, 6.07) is 21.5. The van der Waals surface area contributed by atoms with Crippen molar-refractivity contribution >= 4 is 47.8 Å². The zero-order valence-electron chi connectivity index (χ0n) is 14.6. The second-order valence-electron chi connectivity index (χ2n) is 6.43. The zero-order valence-corrected chi connectivity index (χ0v) is 17.2. The van der Waals surface area contributed by atoms with Gasteiger partial charge < -0.3 is 0 Å². The van der Waals surface area contributed by atoms with Crippen LogP contribution in [0.1, 0.15) is 19.8 Å². The van der Waals surface area contributed by atoms with Crippen LogP contribution in [0.3, 0.4) is 0 Å². The molecule has 0 N–H and O–H groups in total. The van der Waals surface area contributed by atoms with Crippen LogP contribution in [0.2, 0.25) is 0 Å². The number of ketones is 1. The van der Waals surface area contributed by atoms with E-state index < -0.39 is 8.07 Å². The first-order chi connectivity index (χ1) is 12.1. The molecule has 25 heavy (non-hydrogen) atoms. The fourth-order valence-corrected chi connectivity index (χ4v) is 14.9. The van der Waals surface area contributed by atoms with Gasteiger partial charge in [0.15, 0.2) is 8.07 Å². The van der Waals surface area contributed by atoms with Crippen LogP contribution in [-0.2, 0) is 4.79 Å². The number of hydrogen-bond donors (Lipinski definition) is 0. The molecule has 0 bridgehead atoms. The molecule has 1 aliphatic rings. The molecule has 0 aromatic heterocycles. The van der Waals surface area contributed by atoms with Gasteiger partial charge in [0.25, 0.3) is 0 Å². The Morgan fingerprint density at radius 3 is 1.92 bits per heavy atom. The summed E-state index contributed by atoms with van der Waals surface area (Å²) in [5, 5.41) is 2.69. The van der Waals surface area contributed by atoms with Gasteiger partial charge in [0.1, 0.15) is 5.78 Å². The van der Waals surface area contributed by atoms with Gasteiger partial charge in [0.05, 0.1) is 3.70 Å². The molecule has 1 nitrogen and oxygen atoms in total. The lowest BCUT2D eigenvalue weighted by atomic mass is 10.3. The highest BCUT2D eigenvalue weighted by Gasteiger charge is 2.56. The highest BCUT2D eigenvalue weighted by molar-refractivity contribution is 8.21. The molecule has 130 valence electrons. The summed E-state index contributed by atoms with van der Waals surface area (Å²) in [4.78, 5) is 12.3. The smallest absolute Gasteiger partial charge is 0.168 e. The lowest BCUT2D eigenvalue weighted by Crippen LogP contribution is -2.70. The maximum atomic E-state index is 12.3. The Kier molecular flexibility index (Phi) is 5.92. The topological polar surface area (TPSA) is 17.1 Å². The van der Waals surface area contributed by atoms with Crippen molar-refractivity contribution in [2.45, 2.75) is 23.5 Å². The van der Waals surface area contributed by atoms with Crippen molar-refractivity contribution in [2.24, 2.45) is 0 Å². The van der Waals surface area contributed by atoms with Crippen molar-refractivity contribution in [2.75, 3.05) is 11.5 Å². The van der Waals surface area contributed by atoms with E-state index in [2.05, 4.69) is 72.9 Å². The summed E-state index contributed by atoms with van der Waals surface area (Å²) in [5.41, 5.74) is 2.21. The number of Topliss-reactive ketones (excluding diaryl/α,β-unsaturated/α-hetero) is 1. The molecular formula is C21H24OS2Si. The van der Waals surface area contributed by atoms with Gasteiger partial charge in [-0.25, -0.2) is 0 Å². The van der Waals surface area contributed by atoms with Crippen molar-refractivity contribution in [1.82, 2.24) is 0 Å². The third-order valence-electron chi connectivity index (χ3n) is 4.81. The SMILES string of the molecule is C=C[Si](c1ccccc1)(c1ccccc1)C1(CC(C)=O)SCCCS1. The quantitative estimate of drug-likeness (QED) is 0.699. The van der Waals surface area contributed by atoms with E-state index in [4.69, 9.17) is 0 Å². The Morgan fingerprint density at radius 2 is 1.52 bits per heavy atom. The van der Waals surface area contributed by atoms with E-state index in [9.17, 15) is 4.79 Å². The molecule has 0 radical (unpaired) electrons. The van der Waals surface area contributed by atoms with Crippen LogP contribution in [0.25, 0.3) is 0 Å². The average Bonchev–Trinajstić information content (AvgIpc) is 2.65. The first-order valence-electron chi connectivity index (χ1n) is 8.67. The summed E-state index contributed by atoms with van der Waals surface area (Å²) >= 11 is 3.99. The fraction of sp³-hybridized carbons (Fsp3) is 0.286. The Balaban J connectivity index is 2.29. The van der Waals surface area contributed by atoms with Gasteiger partial charge in [0, 0.05) is 6.42 Å². The van der Waals surface area contributed by atoms with Crippen molar-refractivity contribution in [3.63, 3.8) is 0 Å². The van der Waals surface area contributed by atoms with Crippen LogP contribution in [0, 0.1) is 0 Å². The molecule has 2 aromatic carbocycles. The lowest BCUT2D eigenvalue weighted by molar-refractivity contribution is -0.116. The Labute approximate surface area is 160 Å². The van der Waals surface area contributed by atoms with Gasteiger partial charge in [-0.1, -0.05) is 66.4 Å². The second-order valence-corrected chi connectivity index (χ2v) is 14.2. The largest absolute Gasteiger partial charge is 0.300 e. The molecule has 0 amide bonds. The highest BCUT2D eigenvalue weighted by Crippen LogP contribution is 2.51. The predicted molar refractivity (Wildman–Crippen MR) is 116 cm³/mol. The highest BCUT2D eigenvalue weighted by atomic mass is 32.2. The molecule has 0 spiro atoms. The summed E-state index contributed by atoms with van der Waals surface area (Å²) < 4.78 is -0.123. The van der Waals surface area contributed by atoms with Crippen molar-refractivity contribution in [3.05, 3.63) is 72.9 Å². The molecule has 2 aromatic rings. The van der Waals surface area contributed by atoms with Crippen molar-refractivity contribution in [3.8, 4) is 0 Å². The van der Waals surface area contributed by atoms with E-state index in [0.29, 0.717) is 6.42 Å². The van der Waals surface area contributed by atoms with Crippen molar-refractivity contribution in [1.29, 1.82) is 0 Å². The minimum atomic E-state index is -2.36. The normalized spacial score (nSPS) is 17.0. The van der Waals surface area contributed by atoms with Crippen LogP contribution < -0.4 is 10.4 Å². The number of carbonyl (C=O) groups is 1. The van der Waals surface area contributed by atoms with Gasteiger partial charge in [0.2, 0.25) is 0 Å². The molecule has 1 aliphatic heterocycles. The Morgan fingerprint density at radius 1 is 1.04 bits per heavy atom. The second kappa shape index (κ2) is 7.98. The zero-order chi connectivity index (χ0) is 17.8. The maximum Gasteiger partial charge on any atom is 0.168 e. The first kappa shape index (κ1) is 18.6. The molecular weight excluding hydrogens is 360 g/mol. The number of carbonyl (C=O) groups excluding carboxylic acids is 1. The molecule has 1 fully saturated rings. The molecule has 1 saturated heterocycles. The van der Waals surface area contributed by atoms with Gasteiger partial charge in [-0.15, -0.1) is 30.1 Å². The standard InChI is InChI=1S/C21H24OS2Si/c1-3-25(19-11-6-4-7-12-19,20-13-8-5-9-14-20)21(17-18(2)22)23-15-10-16-24-21/h3-9,11-14H,1,10,15-17H2,2H3. The van der Waals surface area contributed by atoms with Gasteiger partial charge >= 0.3 is 0 Å². The van der Waals surface area contributed by atoms with Gasteiger partial charge in [-0.2, -0.15) is 0 Å². The van der Waals surface area contributed by atoms with Gasteiger partial charge in [-0.05, 0) is 35.2 Å². The average molecular weight is 385 g/mol. The molecule has 0 aliphatic carbocycles. The van der Waals surface area contributed by atoms with E-state index in [1.165, 1.54) is 16.8 Å². The Bertz CT molecular complexity index is 685. The molecule has 3 rings (SSSR count). The maximum absolute atomic E-state index is 12.3. The van der Waals surface area contributed by atoms with Crippen LogP contribution in [0.5, 0.6) is 0 Å². The molecule has 4 heteroatoms. The van der Waals surface area contributed by atoms with Crippen LogP contribution in [0.4, 0.5) is 0 Å². The molecule has 1 heterocycles. The minimum Gasteiger partial charge on any atom is -0.300 e. The van der Waals surface area contributed by atoms with Crippen LogP contribution >= 0.6 is 23.5 Å². The monoisotopic (exact) mass is 384 g/mol.